The van der Waals surface area contributed by atoms with Crippen LogP contribution in [0.1, 0.15) is 0 Å². The molecule has 2 aliphatic rings. The van der Waals surface area contributed by atoms with E-state index in [1.807, 2.05) is 60.7 Å². The van der Waals surface area contributed by atoms with Gasteiger partial charge in [0, 0.05) is 39.9 Å². The fourth-order valence-corrected chi connectivity index (χ4v) is 6.52. The second kappa shape index (κ2) is 10.5. The molecule has 2 aliphatic heterocycles. The molecule has 219 valence electrons. The van der Waals surface area contributed by atoms with Gasteiger partial charge in [0.05, 0.1) is 37.3 Å². The smallest absolute Gasteiger partial charge is 0.357 e. The first kappa shape index (κ1) is 28.3. The van der Waals surface area contributed by atoms with Gasteiger partial charge in [-0.1, -0.05) is 94.9 Å². The van der Waals surface area contributed by atoms with Crippen LogP contribution >= 0.6 is 46.4 Å². The second-order valence-electron chi connectivity index (χ2n) is 9.98. The summed E-state index contributed by atoms with van der Waals surface area (Å²) in [6.45, 7) is 0. The SMILES string of the molecule is Clc1c(Cl)c(Cl)c2c(c1Cl)-c1nc3nc(nc4[n-]c(nc5[n-]c(nc-2n1)c1ccccc51)c1ccccc41)-c1cccnc1-3.[Cu+2]. The van der Waals surface area contributed by atoms with Gasteiger partial charge in [-0.2, -0.15) is 0 Å². The molecule has 0 saturated heterocycles. The summed E-state index contributed by atoms with van der Waals surface area (Å²) in [4.78, 5) is 43.2. The van der Waals surface area contributed by atoms with Crippen LogP contribution in [0.15, 0.2) is 66.9 Å². The van der Waals surface area contributed by atoms with Crippen LogP contribution in [0.5, 0.6) is 0 Å². The maximum absolute atomic E-state index is 6.77. The molecule has 0 amide bonds. The minimum absolute atomic E-state index is 0. The van der Waals surface area contributed by atoms with Crippen LogP contribution < -0.4 is 9.97 Å². The van der Waals surface area contributed by atoms with Crippen molar-refractivity contribution in [2.24, 2.45) is 0 Å². The van der Waals surface area contributed by atoms with Crippen LogP contribution in [0.2, 0.25) is 20.1 Å². The molecule has 6 heterocycles. The van der Waals surface area contributed by atoms with Gasteiger partial charge < -0.3 is 24.9 Å². The molecule has 1 radical (unpaired) electrons. The van der Waals surface area contributed by atoms with E-state index >= 15 is 0 Å². The van der Waals surface area contributed by atoms with Crippen molar-refractivity contribution in [1.29, 1.82) is 0 Å². The summed E-state index contributed by atoms with van der Waals surface area (Å²) in [6, 6.07) is 19.1. The van der Waals surface area contributed by atoms with Crippen LogP contribution in [0.3, 0.4) is 0 Å². The molecule has 3 aromatic carbocycles. The molecule has 0 aliphatic carbocycles. The first-order valence-corrected chi connectivity index (χ1v) is 14.7. The first-order chi connectivity index (χ1) is 21.5. The number of fused-ring (bicyclic) bond motifs is 20. The minimum Gasteiger partial charge on any atom is -0.357 e. The van der Waals surface area contributed by atoms with E-state index in [4.69, 9.17) is 86.3 Å². The minimum atomic E-state index is 0. The number of benzene rings is 3. The standard InChI is InChI=1S/C31H11Cl4N9.Cu/c32-19-17-18(20(33)22(35)21(19)34)30-43-29(17)41-27-15-9-4-3-8-14(15)25(39-27)37-24-12-6-1-2-7-13(12)26(38-24)40-28-16-10-5-11-36-23(16)31(42-28)44-30;/h1-11H;/q-2;+2. The third kappa shape index (κ3) is 4.18. The summed E-state index contributed by atoms with van der Waals surface area (Å²) in [5, 5.41) is 3.59. The summed E-state index contributed by atoms with van der Waals surface area (Å²) in [5.41, 5.74) is 3.68. The fraction of sp³-hybridized carbons (Fsp3) is 0. The summed E-state index contributed by atoms with van der Waals surface area (Å²) in [6.07, 6.45) is 1.66. The van der Waals surface area contributed by atoms with E-state index in [0.717, 1.165) is 21.5 Å². The third-order valence-electron chi connectivity index (χ3n) is 7.49. The zero-order chi connectivity index (χ0) is 29.7. The Kier molecular flexibility index (Phi) is 6.58. The van der Waals surface area contributed by atoms with Gasteiger partial charge in [0.1, 0.15) is 5.69 Å². The number of hydrogen-bond acceptors (Lipinski definition) is 7. The summed E-state index contributed by atoms with van der Waals surface area (Å²) >= 11 is 26.5. The van der Waals surface area contributed by atoms with Crippen LogP contribution in [-0.2, 0) is 17.1 Å². The van der Waals surface area contributed by atoms with Gasteiger partial charge in [-0.25, -0.2) is 15.0 Å². The molecule has 14 heteroatoms. The average molecular weight is 715 g/mol. The van der Waals surface area contributed by atoms with Crippen molar-refractivity contribution in [3.05, 3.63) is 87.0 Å². The summed E-state index contributed by atoms with van der Waals surface area (Å²) < 4.78 is 0. The van der Waals surface area contributed by atoms with Crippen LogP contribution in [0, 0.1) is 0 Å². The molecule has 9 nitrogen and oxygen atoms in total. The Bertz CT molecular complexity index is 2580. The Balaban J connectivity index is 0.00000300. The van der Waals surface area contributed by atoms with E-state index in [2.05, 4.69) is 4.98 Å². The van der Waals surface area contributed by atoms with Crippen molar-refractivity contribution in [2.45, 2.75) is 0 Å². The quantitative estimate of drug-likeness (QED) is 0.0872. The molecule has 0 saturated carbocycles. The zero-order valence-corrected chi connectivity index (χ0v) is 26.2. The third-order valence-corrected chi connectivity index (χ3v) is 9.29. The maximum Gasteiger partial charge on any atom is 2.00 e. The van der Waals surface area contributed by atoms with Crippen molar-refractivity contribution in [1.82, 2.24) is 44.9 Å². The Labute approximate surface area is 283 Å². The zero-order valence-electron chi connectivity index (χ0n) is 22.2. The number of hydrogen-bond donors (Lipinski definition) is 0. The number of nitrogens with zero attached hydrogens (tertiary/aromatic N) is 9. The van der Waals surface area contributed by atoms with Gasteiger partial charge in [-0.15, -0.1) is 0 Å². The summed E-state index contributed by atoms with van der Waals surface area (Å²) in [5.74, 6) is 1.06. The molecular formula is C31H11Cl4CuN9. The molecular weight excluding hydrogens is 704 g/mol. The van der Waals surface area contributed by atoms with E-state index < -0.39 is 0 Å². The number of pyridine rings is 1. The van der Waals surface area contributed by atoms with Gasteiger partial charge in [-0.05, 0) is 33.7 Å². The average Bonchev–Trinajstić information content (AvgIpc) is 3.78. The van der Waals surface area contributed by atoms with Crippen LogP contribution in [-0.4, -0.2) is 34.9 Å². The van der Waals surface area contributed by atoms with Crippen molar-refractivity contribution >= 4 is 90.5 Å². The van der Waals surface area contributed by atoms with Crippen molar-refractivity contribution in [2.75, 3.05) is 0 Å². The van der Waals surface area contributed by atoms with E-state index in [0.29, 0.717) is 50.8 Å². The van der Waals surface area contributed by atoms with Crippen LogP contribution in [0.25, 0.3) is 89.8 Å². The Morgan fingerprint density at radius 3 is 1.44 bits per heavy atom. The Morgan fingerprint density at radius 2 is 0.889 bits per heavy atom. The van der Waals surface area contributed by atoms with E-state index in [1.165, 1.54) is 0 Å². The molecule has 0 unspecified atom stereocenters. The molecule has 0 fully saturated rings. The van der Waals surface area contributed by atoms with E-state index in [-0.39, 0.29) is 54.6 Å². The molecule has 4 aromatic heterocycles. The molecule has 0 N–H and O–H groups in total. The number of halogens is 4. The van der Waals surface area contributed by atoms with E-state index in [9.17, 15) is 0 Å². The van der Waals surface area contributed by atoms with Gasteiger partial charge >= 0.3 is 17.1 Å². The molecule has 9 rings (SSSR count). The van der Waals surface area contributed by atoms with Crippen molar-refractivity contribution in [3.8, 4) is 45.7 Å². The Morgan fingerprint density at radius 1 is 0.444 bits per heavy atom. The molecule has 7 aromatic rings. The molecule has 45 heavy (non-hydrogen) atoms. The van der Waals surface area contributed by atoms with Crippen LogP contribution in [0.4, 0.5) is 0 Å². The van der Waals surface area contributed by atoms with Gasteiger partial charge in [0.25, 0.3) is 0 Å². The molecule has 0 spiro atoms. The molecule has 8 bridgehead atoms. The van der Waals surface area contributed by atoms with Gasteiger partial charge in [0.2, 0.25) is 0 Å². The number of rotatable bonds is 0. The monoisotopic (exact) mass is 712 g/mol. The first-order valence-electron chi connectivity index (χ1n) is 13.2. The maximum atomic E-state index is 6.77. The Hall–Kier alpha value is -4.15. The number of aromatic nitrogens is 9. The second-order valence-corrected chi connectivity index (χ2v) is 11.5. The van der Waals surface area contributed by atoms with E-state index in [1.54, 1.807) is 6.20 Å². The van der Waals surface area contributed by atoms with Gasteiger partial charge in [0.15, 0.2) is 11.6 Å². The predicted octanol–water partition coefficient (Wildman–Crippen LogP) is 8.13. The topological polar surface area (TPSA) is 118 Å². The normalized spacial score (nSPS) is 11.8. The fourth-order valence-electron chi connectivity index (χ4n) is 5.50. The predicted molar refractivity (Wildman–Crippen MR) is 172 cm³/mol. The van der Waals surface area contributed by atoms with Crippen molar-refractivity contribution in [3.63, 3.8) is 0 Å². The largest absolute Gasteiger partial charge is 2.00 e. The molecule has 0 atom stereocenters. The van der Waals surface area contributed by atoms with Gasteiger partial charge in [-0.3, -0.25) is 4.98 Å². The van der Waals surface area contributed by atoms with Crippen molar-refractivity contribution < 1.29 is 17.1 Å². The summed E-state index contributed by atoms with van der Waals surface area (Å²) in [7, 11) is 0.